The molecule has 5 heteroatoms. The fourth-order valence-electron chi connectivity index (χ4n) is 3.19. The molecule has 0 saturated carbocycles. The van der Waals surface area contributed by atoms with Gasteiger partial charge in [0.05, 0.1) is 5.56 Å². The second-order valence-electron chi connectivity index (χ2n) is 5.85. The lowest BCUT2D eigenvalue weighted by Crippen LogP contribution is -2.30. The number of carbonyl (C=O) groups is 1. The third-order valence-corrected chi connectivity index (χ3v) is 4.42. The Morgan fingerprint density at radius 1 is 1.13 bits per heavy atom. The second kappa shape index (κ2) is 6.46. The third-order valence-electron chi connectivity index (χ3n) is 4.42. The van der Waals surface area contributed by atoms with Crippen molar-refractivity contribution in [2.45, 2.75) is 5.92 Å². The number of nitrogens with two attached hydrogens (primary N) is 1. The average molecular weight is 316 g/mol. The van der Waals surface area contributed by atoms with Gasteiger partial charge >= 0.3 is 0 Å². The van der Waals surface area contributed by atoms with Gasteiger partial charge in [-0.15, -0.1) is 0 Å². The Hall–Kier alpha value is -2.27. The molecule has 1 aliphatic heterocycles. The van der Waals surface area contributed by atoms with Gasteiger partial charge in [0.15, 0.2) is 0 Å². The normalized spacial score (nSPS) is 20.7. The van der Waals surface area contributed by atoms with Crippen LogP contribution in [-0.2, 0) is 0 Å². The van der Waals surface area contributed by atoms with Crippen LogP contribution in [0, 0.1) is 17.6 Å². The highest BCUT2D eigenvalue weighted by Gasteiger charge is 2.36. The summed E-state index contributed by atoms with van der Waals surface area (Å²) >= 11 is 0. The number of carbonyl (C=O) groups excluding carboxylic acids is 1. The van der Waals surface area contributed by atoms with Gasteiger partial charge in [0.1, 0.15) is 11.6 Å². The summed E-state index contributed by atoms with van der Waals surface area (Å²) in [6.07, 6.45) is 0. The minimum absolute atomic E-state index is 0.101. The van der Waals surface area contributed by atoms with Crippen LogP contribution in [0.4, 0.5) is 8.78 Å². The van der Waals surface area contributed by atoms with Crippen molar-refractivity contribution in [2.24, 2.45) is 11.7 Å². The Kier molecular flexibility index (Phi) is 4.39. The van der Waals surface area contributed by atoms with Crippen LogP contribution >= 0.6 is 0 Å². The van der Waals surface area contributed by atoms with Crippen LogP contribution in [0.25, 0.3) is 0 Å². The van der Waals surface area contributed by atoms with Gasteiger partial charge in [-0.25, -0.2) is 8.78 Å². The zero-order valence-electron chi connectivity index (χ0n) is 12.6. The number of rotatable bonds is 3. The van der Waals surface area contributed by atoms with E-state index >= 15 is 0 Å². The van der Waals surface area contributed by atoms with E-state index in [1.807, 2.05) is 30.3 Å². The van der Waals surface area contributed by atoms with Gasteiger partial charge in [0, 0.05) is 25.1 Å². The molecule has 23 heavy (non-hydrogen) atoms. The minimum atomic E-state index is -0.831. The fraction of sp³-hybridized carbons (Fsp3) is 0.278. The molecule has 0 aliphatic carbocycles. The summed E-state index contributed by atoms with van der Waals surface area (Å²) in [5.41, 5.74) is 6.87. The molecule has 0 spiro atoms. The summed E-state index contributed by atoms with van der Waals surface area (Å²) in [4.78, 5) is 14.1. The zero-order valence-corrected chi connectivity index (χ0v) is 12.6. The topological polar surface area (TPSA) is 46.3 Å². The molecule has 2 aromatic rings. The Labute approximate surface area is 133 Å². The number of halogens is 2. The largest absolute Gasteiger partial charge is 0.338 e. The number of nitrogens with zero attached hydrogens (tertiary/aromatic N) is 1. The van der Waals surface area contributed by atoms with E-state index in [2.05, 4.69) is 0 Å². The molecule has 3 nitrogen and oxygen atoms in total. The van der Waals surface area contributed by atoms with E-state index in [-0.39, 0.29) is 17.4 Å². The quantitative estimate of drug-likeness (QED) is 0.946. The van der Waals surface area contributed by atoms with Crippen molar-refractivity contribution in [1.82, 2.24) is 4.90 Å². The van der Waals surface area contributed by atoms with Crippen molar-refractivity contribution in [1.29, 1.82) is 0 Å². The highest BCUT2D eigenvalue weighted by Crippen LogP contribution is 2.33. The van der Waals surface area contributed by atoms with Crippen LogP contribution in [0.5, 0.6) is 0 Å². The van der Waals surface area contributed by atoms with Gasteiger partial charge < -0.3 is 10.6 Å². The molecule has 2 N–H and O–H groups in total. The summed E-state index contributed by atoms with van der Waals surface area (Å²) in [6.45, 7) is 1.42. The Balaban J connectivity index is 1.83. The lowest BCUT2D eigenvalue weighted by Gasteiger charge is -2.17. The number of hydrogen-bond acceptors (Lipinski definition) is 2. The molecule has 120 valence electrons. The SMILES string of the molecule is NC[C@@H]1CN(C(=O)c2ccc(F)cc2F)C[C@H]1c1ccccc1. The van der Waals surface area contributed by atoms with E-state index in [9.17, 15) is 13.6 Å². The maximum Gasteiger partial charge on any atom is 0.256 e. The van der Waals surface area contributed by atoms with Crippen molar-refractivity contribution in [3.05, 3.63) is 71.3 Å². The minimum Gasteiger partial charge on any atom is -0.338 e. The molecule has 0 bridgehead atoms. The molecule has 0 radical (unpaired) electrons. The van der Waals surface area contributed by atoms with E-state index in [0.717, 1.165) is 17.7 Å². The van der Waals surface area contributed by atoms with Gasteiger partial charge in [-0.1, -0.05) is 30.3 Å². The monoisotopic (exact) mass is 316 g/mol. The van der Waals surface area contributed by atoms with E-state index in [1.165, 1.54) is 6.07 Å². The molecule has 0 aromatic heterocycles. The van der Waals surface area contributed by atoms with Crippen LogP contribution in [-0.4, -0.2) is 30.4 Å². The van der Waals surface area contributed by atoms with E-state index in [1.54, 1.807) is 4.90 Å². The number of likely N-dealkylation sites (tertiary alicyclic amines) is 1. The summed E-state index contributed by atoms with van der Waals surface area (Å²) in [5, 5.41) is 0. The van der Waals surface area contributed by atoms with Crippen LogP contribution < -0.4 is 5.73 Å². The van der Waals surface area contributed by atoms with Gasteiger partial charge in [-0.3, -0.25) is 4.79 Å². The Morgan fingerprint density at radius 3 is 2.52 bits per heavy atom. The molecule has 1 heterocycles. The van der Waals surface area contributed by atoms with Crippen molar-refractivity contribution in [3.63, 3.8) is 0 Å². The van der Waals surface area contributed by atoms with Crippen LogP contribution in [0.15, 0.2) is 48.5 Å². The van der Waals surface area contributed by atoms with Gasteiger partial charge in [-0.2, -0.15) is 0 Å². The van der Waals surface area contributed by atoms with Gasteiger partial charge in [-0.05, 0) is 30.2 Å². The predicted octanol–water partition coefficient (Wildman–Crippen LogP) is 2.78. The molecular formula is C18H18F2N2O. The lowest BCUT2D eigenvalue weighted by molar-refractivity contribution is 0.0781. The first kappa shape index (κ1) is 15.6. The molecule has 1 fully saturated rings. The highest BCUT2D eigenvalue weighted by molar-refractivity contribution is 5.94. The summed E-state index contributed by atoms with van der Waals surface area (Å²) in [5.74, 6) is -1.68. The summed E-state index contributed by atoms with van der Waals surface area (Å²) in [6, 6.07) is 12.9. The Bertz CT molecular complexity index is 705. The molecular weight excluding hydrogens is 298 g/mol. The molecule has 0 unspecified atom stereocenters. The van der Waals surface area contributed by atoms with Crippen molar-refractivity contribution >= 4 is 5.91 Å². The van der Waals surface area contributed by atoms with Crippen LogP contribution in [0.3, 0.4) is 0 Å². The molecule has 1 amide bonds. The average Bonchev–Trinajstić information content (AvgIpc) is 2.99. The first-order valence-electron chi connectivity index (χ1n) is 7.59. The zero-order chi connectivity index (χ0) is 16.4. The first-order valence-corrected chi connectivity index (χ1v) is 7.59. The highest BCUT2D eigenvalue weighted by atomic mass is 19.1. The second-order valence-corrected chi connectivity index (χ2v) is 5.85. The summed E-state index contributed by atoms with van der Waals surface area (Å²) in [7, 11) is 0. The van der Waals surface area contributed by atoms with E-state index in [4.69, 9.17) is 5.73 Å². The standard InChI is InChI=1S/C18H18F2N2O/c19-14-6-7-15(17(20)8-14)18(23)22-10-13(9-21)16(11-22)12-4-2-1-3-5-12/h1-8,13,16H,9-11,21H2/t13-,16+/m1/s1. The van der Waals surface area contributed by atoms with E-state index < -0.39 is 17.5 Å². The molecule has 1 aliphatic rings. The lowest BCUT2D eigenvalue weighted by atomic mass is 9.89. The molecule has 3 rings (SSSR count). The predicted molar refractivity (Wildman–Crippen MR) is 84.0 cm³/mol. The van der Waals surface area contributed by atoms with E-state index in [0.29, 0.717) is 19.6 Å². The van der Waals surface area contributed by atoms with Gasteiger partial charge in [0.25, 0.3) is 5.91 Å². The fourth-order valence-corrected chi connectivity index (χ4v) is 3.19. The van der Waals surface area contributed by atoms with Crippen LogP contribution in [0.1, 0.15) is 21.8 Å². The molecule has 2 aromatic carbocycles. The van der Waals surface area contributed by atoms with Gasteiger partial charge in [0.2, 0.25) is 0 Å². The van der Waals surface area contributed by atoms with Crippen LogP contribution in [0.2, 0.25) is 0 Å². The summed E-state index contributed by atoms with van der Waals surface area (Å²) < 4.78 is 26.8. The smallest absolute Gasteiger partial charge is 0.256 e. The van der Waals surface area contributed by atoms with Crippen molar-refractivity contribution in [3.8, 4) is 0 Å². The molecule has 2 atom stereocenters. The van der Waals surface area contributed by atoms with Crippen molar-refractivity contribution < 1.29 is 13.6 Å². The Morgan fingerprint density at radius 2 is 1.87 bits per heavy atom. The first-order chi connectivity index (χ1) is 11.1. The number of amides is 1. The maximum absolute atomic E-state index is 13.8. The number of benzene rings is 2. The third kappa shape index (κ3) is 3.10. The number of hydrogen-bond donors (Lipinski definition) is 1. The molecule has 1 saturated heterocycles. The maximum atomic E-state index is 13.8. The van der Waals surface area contributed by atoms with Crippen molar-refractivity contribution in [2.75, 3.05) is 19.6 Å².